The number of rotatable bonds is 4. The topological polar surface area (TPSA) is 87.7 Å². The molecule has 0 unspecified atom stereocenters. The molecule has 5 nitrogen and oxygen atoms in total. The summed E-state index contributed by atoms with van der Waals surface area (Å²) >= 11 is 0. The van der Waals surface area contributed by atoms with Gasteiger partial charge >= 0.3 is 6.03 Å². The van der Waals surface area contributed by atoms with Crippen LogP contribution in [0.1, 0.15) is 11.1 Å². The largest absolute Gasteiger partial charge is 0.396 e. The molecule has 2 amide bonds. The molecular formula is C10H13N3O2. The molecule has 0 radical (unpaired) electrons. The number of nitrogens with two attached hydrogens (primary N) is 1. The molecule has 0 saturated heterocycles. The third-order valence-corrected chi connectivity index (χ3v) is 1.77. The van der Waals surface area contributed by atoms with Crippen molar-refractivity contribution in [2.24, 2.45) is 10.8 Å². The fourth-order valence-electron chi connectivity index (χ4n) is 1.07. The molecule has 0 saturated carbocycles. The van der Waals surface area contributed by atoms with Crippen LogP contribution in [0.15, 0.2) is 29.4 Å². The maximum absolute atomic E-state index is 10.3. The minimum atomic E-state index is -0.692. The molecule has 1 rings (SSSR count). The summed E-state index contributed by atoms with van der Waals surface area (Å²) in [7, 11) is 0. The van der Waals surface area contributed by atoms with Crippen LogP contribution < -0.4 is 11.2 Å². The third-order valence-electron chi connectivity index (χ3n) is 1.77. The average molecular weight is 207 g/mol. The Kier molecular flexibility index (Phi) is 4.30. The number of aliphatic hydroxyl groups is 1. The van der Waals surface area contributed by atoms with E-state index in [0.29, 0.717) is 6.42 Å². The van der Waals surface area contributed by atoms with Crippen molar-refractivity contribution in [1.82, 2.24) is 5.43 Å². The molecule has 0 bridgehead atoms. The predicted molar refractivity (Wildman–Crippen MR) is 57.5 cm³/mol. The Balaban J connectivity index is 2.56. The lowest BCUT2D eigenvalue weighted by molar-refractivity contribution is 0.249. The lowest BCUT2D eigenvalue weighted by Crippen LogP contribution is -2.24. The zero-order chi connectivity index (χ0) is 11.1. The number of hydrogen-bond donors (Lipinski definition) is 3. The third kappa shape index (κ3) is 4.24. The maximum Gasteiger partial charge on any atom is 0.332 e. The molecule has 4 N–H and O–H groups in total. The minimum absolute atomic E-state index is 0.136. The van der Waals surface area contributed by atoms with Crippen molar-refractivity contribution in [3.8, 4) is 0 Å². The summed E-state index contributed by atoms with van der Waals surface area (Å²) in [4.78, 5) is 10.3. The van der Waals surface area contributed by atoms with Gasteiger partial charge in [-0.2, -0.15) is 5.10 Å². The van der Waals surface area contributed by atoms with Crippen molar-refractivity contribution >= 4 is 12.2 Å². The second-order valence-electron chi connectivity index (χ2n) is 2.95. The van der Waals surface area contributed by atoms with Gasteiger partial charge in [0.1, 0.15) is 0 Å². The van der Waals surface area contributed by atoms with E-state index in [0.717, 1.165) is 11.1 Å². The number of amides is 2. The number of nitrogens with one attached hydrogen (secondary N) is 1. The SMILES string of the molecule is NC(=O)NN=Cc1ccc(CCO)cc1. The Morgan fingerprint density at radius 2 is 2.13 bits per heavy atom. The van der Waals surface area contributed by atoms with Gasteiger partial charge in [0.15, 0.2) is 0 Å². The van der Waals surface area contributed by atoms with E-state index >= 15 is 0 Å². The molecule has 1 aromatic carbocycles. The van der Waals surface area contributed by atoms with Gasteiger partial charge in [-0.1, -0.05) is 24.3 Å². The number of hydrazone groups is 1. The van der Waals surface area contributed by atoms with Crippen LogP contribution in [0.4, 0.5) is 4.79 Å². The number of aliphatic hydroxyl groups excluding tert-OH is 1. The van der Waals surface area contributed by atoms with Crippen molar-refractivity contribution in [2.75, 3.05) is 6.61 Å². The van der Waals surface area contributed by atoms with Crippen LogP contribution in [0.2, 0.25) is 0 Å². The molecule has 0 fully saturated rings. The van der Waals surface area contributed by atoms with Crippen LogP contribution in [-0.2, 0) is 6.42 Å². The van der Waals surface area contributed by atoms with E-state index in [1.165, 1.54) is 6.21 Å². The monoisotopic (exact) mass is 207 g/mol. The molecule has 0 aliphatic heterocycles. The molecular weight excluding hydrogens is 194 g/mol. The minimum Gasteiger partial charge on any atom is -0.396 e. The average Bonchev–Trinajstić information content (AvgIpc) is 2.20. The van der Waals surface area contributed by atoms with E-state index in [1.54, 1.807) is 0 Å². The smallest absolute Gasteiger partial charge is 0.332 e. The standard InChI is InChI=1S/C10H13N3O2/c11-10(15)13-12-7-9-3-1-8(2-4-9)5-6-14/h1-4,7,14H,5-6H2,(H3,11,13,15). The van der Waals surface area contributed by atoms with E-state index in [2.05, 4.69) is 10.5 Å². The number of carbonyl (C=O) groups is 1. The summed E-state index contributed by atoms with van der Waals surface area (Å²) in [6.07, 6.45) is 2.13. The highest BCUT2D eigenvalue weighted by atomic mass is 16.2. The summed E-state index contributed by atoms with van der Waals surface area (Å²) in [5, 5.41) is 12.3. The van der Waals surface area contributed by atoms with Gasteiger partial charge in [-0.15, -0.1) is 0 Å². The molecule has 15 heavy (non-hydrogen) atoms. The summed E-state index contributed by atoms with van der Waals surface area (Å²) in [6, 6.07) is 6.78. The highest BCUT2D eigenvalue weighted by Gasteiger charge is 1.92. The summed E-state index contributed by atoms with van der Waals surface area (Å²) in [6.45, 7) is 0.136. The molecule has 5 heteroatoms. The van der Waals surface area contributed by atoms with Gasteiger partial charge in [-0.25, -0.2) is 10.2 Å². The van der Waals surface area contributed by atoms with Crippen molar-refractivity contribution < 1.29 is 9.90 Å². The first-order valence-electron chi connectivity index (χ1n) is 4.50. The zero-order valence-corrected chi connectivity index (χ0v) is 8.18. The maximum atomic E-state index is 10.3. The van der Waals surface area contributed by atoms with Crippen molar-refractivity contribution in [3.63, 3.8) is 0 Å². The van der Waals surface area contributed by atoms with E-state index in [4.69, 9.17) is 10.8 Å². The molecule has 0 spiro atoms. The molecule has 0 aromatic heterocycles. The number of carbonyl (C=O) groups excluding carboxylic acids is 1. The second kappa shape index (κ2) is 5.77. The number of primary amides is 1. The second-order valence-corrected chi connectivity index (χ2v) is 2.95. The molecule has 0 aliphatic rings. The highest BCUT2D eigenvalue weighted by Crippen LogP contribution is 2.02. The van der Waals surface area contributed by atoms with Crippen LogP contribution in [0.3, 0.4) is 0 Å². The fourth-order valence-corrected chi connectivity index (χ4v) is 1.07. The molecule has 0 aliphatic carbocycles. The van der Waals surface area contributed by atoms with Crippen molar-refractivity contribution in [1.29, 1.82) is 0 Å². The first-order valence-corrected chi connectivity index (χ1v) is 4.50. The van der Waals surface area contributed by atoms with Gasteiger partial charge < -0.3 is 10.8 Å². The van der Waals surface area contributed by atoms with Crippen molar-refractivity contribution in [2.45, 2.75) is 6.42 Å². The van der Waals surface area contributed by atoms with Crippen LogP contribution >= 0.6 is 0 Å². The van der Waals surface area contributed by atoms with Crippen LogP contribution in [0, 0.1) is 0 Å². The number of benzene rings is 1. The molecule has 0 atom stereocenters. The first kappa shape index (κ1) is 11.2. The quantitative estimate of drug-likeness (QED) is 0.487. The summed E-state index contributed by atoms with van der Waals surface area (Å²) < 4.78 is 0. The van der Waals surface area contributed by atoms with E-state index < -0.39 is 6.03 Å². The van der Waals surface area contributed by atoms with Crippen LogP contribution in [0.5, 0.6) is 0 Å². The van der Waals surface area contributed by atoms with Gasteiger partial charge in [0.25, 0.3) is 0 Å². The number of nitrogens with zero attached hydrogens (tertiary/aromatic N) is 1. The Labute approximate surface area is 87.6 Å². The van der Waals surface area contributed by atoms with Gasteiger partial charge in [0.2, 0.25) is 0 Å². The molecule has 0 heterocycles. The van der Waals surface area contributed by atoms with Crippen molar-refractivity contribution in [3.05, 3.63) is 35.4 Å². The number of urea groups is 1. The Morgan fingerprint density at radius 3 is 2.67 bits per heavy atom. The normalized spacial score (nSPS) is 10.5. The molecule has 1 aromatic rings. The van der Waals surface area contributed by atoms with Gasteiger partial charge in [0.05, 0.1) is 6.21 Å². The lowest BCUT2D eigenvalue weighted by atomic mass is 10.1. The number of hydrogen-bond acceptors (Lipinski definition) is 3. The van der Waals surface area contributed by atoms with E-state index in [1.807, 2.05) is 24.3 Å². The van der Waals surface area contributed by atoms with Crippen LogP contribution in [0.25, 0.3) is 0 Å². The van der Waals surface area contributed by atoms with E-state index in [-0.39, 0.29) is 6.61 Å². The summed E-state index contributed by atoms with van der Waals surface area (Å²) in [5.74, 6) is 0. The zero-order valence-electron chi connectivity index (χ0n) is 8.18. The Bertz CT molecular complexity index is 346. The van der Waals surface area contributed by atoms with Crippen LogP contribution in [-0.4, -0.2) is 24.0 Å². The van der Waals surface area contributed by atoms with E-state index in [9.17, 15) is 4.79 Å². The predicted octanol–water partition coefficient (Wildman–Crippen LogP) is 0.224. The fraction of sp³-hybridized carbons (Fsp3) is 0.200. The highest BCUT2D eigenvalue weighted by molar-refractivity contribution is 5.81. The Hall–Kier alpha value is -1.88. The first-order chi connectivity index (χ1) is 7.22. The summed E-state index contributed by atoms with van der Waals surface area (Å²) in [5.41, 5.74) is 8.84. The lowest BCUT2D eigenvalue weighted by Gasteiger charge is -1.98. The Morgan fingerprint density at radius 1 is 1.47 bits per heavy atom. The van der Waals surface area contributed by atoms with Gasteiger partial charge in [-0.3, -0.25) is 0 Å². The molecule has 80 valence electrons. The van der Waals surface area contributed by atoms with Gasteiger partial charge in [0, 0.05) is 6.61 Å². The van der Waals surface area contributed by atoms with Gasteiger partial charge in [-0.05, 0) is 17.5 Å².